The summed E-state index contributed by atoms with van der Waals surface area (Å²) in [5.74, 6) is -0.278. The zero-order valence-corrected chi connectivity index (χ0v) is 16.5. The van der Waals surface area contributed by atoms with Crippen molar-refractivity contribution < 1.29 is 14.3 Å². The molecule has 6 nitrogen and oxygen atoms in total. The molecule has 28 heavy (non-hydrogen) atoms. The van der Waals surface area contributed by atoms with Crippen molar-refractivity contribution in [2.24, 2.45) is 0 Å². The zero-order chi connectivity index (χ0) is 19.7. The van der Waals surface area contributed by atoms with E-state index in [2.05, 4.69) is 15.9 Å². The van der Waals surface area contributed by atoms with Crippen molar-refractivity contribution in [3.05, 3.63) is 58.6 Å². The van der Waals surface area contributed by atoms with Crippen LogP contribution in [0.4, 0.5) is 5.69 Å². The van der Waals surface area contributed by atoms with E-state index in [0.717, 1.165) is 37.7 Å². The van der Waals surface area contributed by atoms with E-state index in [1.165, 1.54) is 5.56 Å². The zero-order valence-electron chi connectivity index (χ0n) is 15.7. The molecular weight excluding hydrogens is 378 g/mol. The van der Waals surface area contributed by atoms with E-state index in [1.807, 2.05) is 18.2 Å². The van der Waals surface area contributed by atoms with Crippen molar-refractivity contribution in [2.45, 2.75) is 6.54 Å². The summed E-state index contributed by atoms with van der Waals surface area (Å²) >= 11 is 6.07. The maximum Gasteiger partial charge on any atom is 0.300 e. The molecule has 1 saturated heterocycles. The molecule has 1 amide bonds. The molecule has 0 saturated carbocycles. The molecule has 146 valence electrons. The number of anilines is 1. The van der Waals surface area contributed by atoms with Crippen LogP contribution in [0.25, 0.3) is 0 Å². The third-order valence-electron chi connectivity index (χ3n) is 5.28. The molecular formula is C21H22ClN3O3. The highest BCUT2D eigenvalue weighted by Crippen LogP contribution is 2.32. The number of fused-ring (bicyclic) bond motifs is 1. The third kappa shape index (κ3) is 3.76. The Bertz CT molecular complexity index is 910. The predicted octanol–water partition coefficient (Wildman–Crippen LogP) is 2.65. The van der Waals surface area contributed by atoms with Gasteiger partial charge >= 0.3 is 5.91 Å². The van der Waals surface area contributed by atoms with Gasteiger partial charge in [-0.05, 0) is 29.8 Å². The van der Waals surface area contributed by atoms with Crippen LogP contribution in [0.1, 0.15) is 15.9 Å². The molecule has 2 heterocycles. The fourth-order valence-electron chi connectivity index (χ4n) is 3.72. The van der Waals surface area contributed by atoms with Crippen molar-refractivity contribution in [1.29, 1.82) is 0 Å². The number of methoxy groups -OCH3 is 1. The summed E-state index contributed by atoms with van der Waals surface area (Å²) in [6.07, 6.45) is 0. The van der Waals surface area contributed by atoms with Gasteiger partial charge in [0.25, 0.3) is 5.78 Å². The molecule has 0 aliphatic carbocycles. The van der Waals surface area contributed by atoms with Crippen LogP contribution >= 0.6 is 11.6 Å². The van der Waals surface area contributed by atoms with Gasteiger partial charge in [-0.3, -0.25) is 24.3 Å². The number of carbonyl (C=O) groups excluding carboxylic acids is 2. The highest BCUT2D eigenvalue weighted by Gasteiger charge is 2.37. The lowest BCUT2D eigenvalue weighted by atomic mass is 10.1. The maximum absolute atomic E-state index is 12.5. The van der Waals surface area contributed by atoms with Crippen molar-refractivity contribution >= 4 is 29.0 Å². The van der Waals surface area contributed by atoms with Crippen LogP contribution in [0.2, 0.25) is 5.02 Å². The van der Waals surface area contributed by atoms with Gasteiger partial charge < -0.3 is 4.74 Å². The quantitative estimate of drug-likeness (QED) is 0.723. The smallest absolute Gasteiger partial charge is 0.300 e. The average molecular weight is 400 g/mol. The number of Topliss-reactive ketones (excluding diaryl/α,β-unsaturated/α-hetero) is 1. The van der Waals surface area contributed by atoms with Gasteiger partial charge in [-0.2, -0.15) is 0 Å². The number of halogens is 1. The molecule has 2 aromatic carbocycles. The fraction of sp³-hybridized carbons (Fsp3) is 0.333. The van der Waals surface area contributed by atoms with Gasteiger partial charge in [-0.25, -0.2) is 0 Å². The lowest BCUT2D eigenvalue weighted by molar-refractivity contribution is -0.114. The van der Waals surface area contributed by atoms with E-state index in [4.69, 9.17) is 16.3 Å². The first-order valence-electron chi connectivity index (χ1n) is 9.28. The topological polar surface area (TPSA) is 53.1 Å². The molecule has 2 aromatic rings. The molecule has 0 aromatic heterocycles. The molecule has 0 bridgehead atoms. The minimum atomic E-state index is -0.468. The Balaban J connectivity index is 1.39. The van der Waals surface area contributed by atoms with Crippen LogP contribution in [0.3, 0.4) is 0 Å². The normalized spacial score (nSPS) is 17.9. The van der Waals surface area contributed by atoms with E-state index in [0.29, 0.717) is 23.7 Å². The van der Waals surface area contributed by atoms with E-state index in [1.54, 1.807) is 30.2 Å². The minimum absolute atomic E-state index is 0.412. The Morgan fingerprint density at radius 2 is 1.75 bits per heavy atom. The maximum atomic E-state index is 12.5. The van der Waals surface area contributed by atoms with Crippen LogP contribution in [-0.2, 0) is 11.3 Å². The Morgan fingerprint density at radius 1 is 1.00 bits per heavy atom. The van der Waals surface area contributed by atoms with Gasteiger partial charge in [0.1, 0.15) is 5.75 Å². The van der Waals surface area contributed by atoms with E-state index in [-0.39, 0.29) is 0 Å². The number of carbonyl (C=O) groups is 2. The van der Waals surface area contributed by atoms with E-state index < -0.39 is 11.7 Å². The molecule has 2 aliphatic heterocycles. The summed E-state index contributed by atoms with van der Waals surface area (Å²) in [5.41, 5.74) is 2.28. The fourth-order valence-corrected chi connectivity index (χ4v) is 3.94. The lowest BCUT2D eigenvalue weighted by Gasteiger charge is -2.36. The number of rotatable bonds is 5. The van der Waals surface area contributed by atoms with Crippen molar-refractivity contribution in [3.8, 4) is 5.75 Å². The van der Waals surface area contributed by atoms with Crippen LogP contribution in [0.5, 0.6) is 5.75 Å². The highest BCUT2D eigenvalue weighted by atomic mass is 35.5. The van der Waals surface area contributed by atoms with Crippen LogP contribution < -0.4 is 9.64 Å². The SMILES string of the molecule is COc1ccc2c(c1)N(CN1CCN(Cc3cccc(Cl)c3)CC1)C(=O)C2=O. The minimum Gasteiger partial charge on any atom is -0.497 e. The Labute approximate surface area is 169 Å². The Morgan fingerprint density at radius 3 is 2.46 bits per heavy atom. The predicted molar refractivity (Wildman–Crippen MR) is 108 cm³/mol. The van der Waals surface area contributed by atoms with E-state index >= 15 is 0 Å². The van der Waals surface area contributed by atoms with Crippen molar-refractivity contribution in [3.63, 3.8) is 0 Å². The first-order valence-corrected chi connectivity index (χ1v) is 9.66. The van der Waals surface area contributed by atoms with Gasteiger partial charge in [0.15, 0.2) is 0 Å². The summed E-state index contributed by atoms with van der Waals surface area (Å²) in [7, 11) is 1.57. The summed E-state index contributed by atoms with van der Waals surface area (Å²) in [6.45, 7) is 4.72. The van der Waals surface area contributed by atoms with Gasteiger partial charge in [0.05, 0.1) is 25.0 Å². The molecule has 4 rings (SSSR count). The second-order valence-corrected chi connectivity index (χ2v) is 7.55. The molecule has 0 N–H and O–H groups in total. The molecule has 0 radical (unpaired) electrons. The van der Waals surface area contributed by atoms with Crippen molar-refractivity contribution in [2.75, 3.05) is 44.9 Å². The summed E-state index contributed by atoms with van der Waals surface area (Å²) in [5, 5.41) is 0.752. The number of amides is 1. The number of hydrogen-bond acceptors (Lipinski definition) is 5. The van der Waals surface area contributed by atoms with Crippen LogP contribution in [-0.4, -0.2) is 61.4 Å². The highest BCUT2D eigenvalue weighted by molar-refractivity contribution is 6.52. The first-order chi connectivity index (χ1) is 13.5. The second kappa shape index (κ2) is 7.91. The van der Waals surface area contributed by atoms with Gasteiger partial charge in [-0.1, -0.05) is 23.7 Å². The molecule has 0 atom stereocenters. The summed E-state index contributed by atoms with van der Waals surface area (Å²) < 4.78 is 5.25. The van der Waals surface area contributed by atoms with Gasteiger partial charge in [0.2, 0.25) is 0 Å². The molecule has 0 spiro atoms. The Kier molecular flexibility index (Phi) is 5.35. The van der Waals surface area contributed by atoms with Gasteiger partial charge in [0, 0.05) is 43.8 Å². The van der Waals surface area contributed by atoms with Gasteiger partial charge in [-0.15, -0.1) is 0 Å². The van der Waals surface area contributed by atoms with E-state index in [9.17, 15) is 9.59 Å². The second-order valence-electron chi connectivity index (χ2n) is 7.11. The molecule has 0 unspecified atom stereocenters. The third-order valence-corrected chi connectivity index (χ3v) is 5.52. The number of hydrogen-bond donors (Lipinski definition) is 0. The lowest BCUT2D eigenvalue weighted by Crippen LogP contribution is -2.50. The number of piperazine rings is 1. The number of benzene rings is 2. The van der Waals surface area contributed by atoms with Crippen molar-refractivity contribution in [1.82, 2.24) is 9.80 Å². The largest absolute Gasteiger partial charge is 0.497 e. The molecule has 7 heteroatoms. The number of ketones is 1. The van der Waals surface area contributed by atoms with Crippen LogP contribution in [0.15, 0.2) is 42.5 Å². The number of ether oxygens (including phenoxy) is 1. The monoisotopic (exact) mass is 399 g/mol. The number of nitrogens with zero attached hydrogens (tertiary/aromatic N) is 3. The average Bonchev–Trinajstić information content (AvgIpc) is 2.94. The molecule has 2 aliphatic rings. The standard InChI is InChI=1S/C21H22ClN3O3/c1-28-17-5-6-18-19(12-17)25(21(27)20(18)26)14-24-9-7-23(8-10-24)13-15-3-2-4-16(22)11-15/h2-6,11-12H,7-10,13-14H2,1H3. The Hall–Kier alpha value is -2.41. The summed E-state index contributed by atoms with van der Waals surface area (Å²) in [4.78, 5) is 30.9. The van der Waals surface area contributed by atoms with Crippen LogP contribution in [0, 0.1) is 0 Å². The first kappa shape index (κ1) is 18.9. The molecule has 1 fully saturated rings. The summed E-state index contributed by atoms with van der Waals surface area (Å²) in [6, 6.07) is 13.1.